The van der Waals surface area contributed by atoms with Crippen molar-refractivity contribution in [1.82, 2.24) is 10.2 Å². The molecule has 0 radical (unpaired) electrons. The van der Waals surface area contributed by atoms with E-state index < -0.39 is 0 Å². The number of likely N-dealkylation sites (N-methyl/N-ethyl adjacent to an activating group) is 1. The molecule has 0 spiro atoms. The summed E-state index contributed by atoms with van der Waals surface area (Å²) in [6.07, 6.45) is 1.18. The number of benzene rings is 1. The lowest BCUT2D eigenvalue weighted by atomic mass is 10.0. The van der Waals surface area contributed by atoms with Gasteiger partial charge in [0.2, 0.25) is 0 Å². The molecule has 0 saturated heterocycles. The molecule has 0 aliphatic carbocycles. The molecule has 2 nitrogen and oxygen atoms in total. The van der Waals surface area contributed by atoms with Crippen molar-refractivity contribution in [2.75, 3.05) is 26.7 Å². The number of rotatable bonds is 8. The highest BCUT2D eigenvalue weighted by Crippen LogP contribution is 2.18. The molecule has 0 fully saturated rings. The molecule has 1 N–H and O–H groups in total. The number of hydrogen-bond acceptors (Lipinski definition) is 2. The highest BCUT2D eigenvalue weighted by atomic mass is 15.1. The van der Waals surface area contributed by atoms with Crippen molar-refractivity contribution in [3.8, 4) is 0 Å². The molecule has 1 atom stereocenters. The van der Waals surface area contributed by atoms with Crippen LogP contribution < -0.4 is 5.32 Å². The summed E-state index contributed by atoms with van der Waals surface area (Å²) >= 11 is 0. The lowest BCUT2D eigenvalue weighted by molar-refractivity contribution is 0.262. The van der Waals surface area contributed by atoms with E-state index in [1.165, 1.54) is 17.5 Å². The number of nitrogens with one attached hydrogen (secondary N) is 1. The highest BCUT2D eigenvalue weighted by molar-refractivity contribution is 5.29. The van der Waals surface area contributed by atoms with Gasteiger partial charge in [-0.05, 0) is 44.0 Å². The van der Waals surface area contributed by atoms with Crippen LogP contribution in [0, 0.1) is 12.8 Å². The molecule has 0 saturated carbocycles. The van der Waals surface area contributed by atoms with E-state index in [9.17, 15) is 0 Å². The second-order valence-electron chi connectivity index (χ2n) is 5.98. The summed E-state index contributed by atoms with van der Waals surface area (Å²) in [5.74, 6) is 0.716. The molecule has 0 bridgehead atoms. The predicted octanol–water partition coefficient (Wildman–Crippen LogP) is 3.62. The summed E-state index contributed by atoms with van der Waals surface area (Å²) in [7, 11) is 2.22. The first-order valence-corrected chi connectivity index (χ1v) is 7.52. The molecule has 19 heavy (non-hydrogen) atoms. The predicted molar refractivity (Wildman–Crippen MR) is 84.5 cm³/mol. The molecule has 1 aromatic rings. The first-order valence-electron chi connectivity index (χ1n) is 7.52. The topological polar surface area (TPSA) is 15.3 Å². The summed E-state index contributed by atoms with van der Waals surface area (Å²) < 4.78 is 0. The Morgan fingerprint density at radius 1 is 1.16 bits per heavy atom. The van der Waals surface area contributed by atoms with Gasteiger partial charge >= 0.3 is 0 Å². The third-order valence-electron chi connectivity index (χ3n) is 3.38. The monoisotopic (exact) mass is 262 g/mol. The third-order valence-corrected chi connectivity index (χ3v) is 3.38. The fourth-order valence-corrected chi connectivity index (χ4v) is 2.58. The summed E-state index contributed by atoms with van der Waals surface area (Å²) in [6.45, 7) is 12.3. The van der Waals surface area contributed by atoms with E-state index in [0.29, 0.717) is 12.0 Å². The molecule has 0 heterocycles. The third kappa shape index (κ3) is 5.75. The van der Waals surface area contributed by atoms with Crippen LogP contribution in [0.5, 0.6) is 0 Å². The molecule has 2 heteroatoms. The molecular formula is C17H30N2. The summed E-state index contributed by atoms with van der Waals surface area (Å²) in [5.41, 5.74) is 2.82. The van der Waals surface area contributed by atoms with Gasteiger partial charge in [-0.25, -0.2) is 0 Å². The second kappa shape index (κ2) is 8.34. The van der Waals surface area contributed by atoms with Gasteiger partial charge in [0.25, 0.3) is 0 Å². The van der Waals surface area contributed by atoms with E-state index >= 15 is 0 Å². The van der Waals surface area contributed by atoms with Crippen molar-refractivity contribution < 1.29 is 0 Å². The molecule has 0 aliphatic heterocycles. The summed E-state index contributed by atoms with van der Waals surface area (Å²) in [6, 6.07) is 9.16. The van der Waals surface area contributed by atoms with Crippen molar-refractivity contribution in [1.29, 1.82) is 0 Å². The SMILES string of the molecule is CCCNC(CN(C)CC(C)C)c1ccccc1C. The van der Waals surface area contributed by atoms with Gasteiger partial charge in [0.15, 0.2) is 0 Å². The van der Waals surface area contributed by atoms with Gasteiger partial charge in [-0.15, -0.1) is 0 Å². The minimum Gasteiger partial charge on any atom is -0.309 e. The van der Waals surface area contributed by atoms with Crippen LogP contribution in [0.2, 0.25) is 0 Å². The Labute approximate surface area is 119 Å². The zero-order valence-electron chi connectivity index (χ0n) is 13.2. The van der Waals surface area contributed by atoms with Crippen molar-refractivity contribution in [3.63, 3.8) is 0 Å². The standard InChI is InChI=1S/C17H30N2/c1-6-11-18-17(13-19(5)12-14(2)3)16-10-8-7-9-15(16)4/h7-10,14,17-18H,6,11-13H2,1-5H3. The van der Waals surface area contributed by atoms with Crippen LogP contribution in [0.4, 0.5) is 0 Å². The Hall–Kier alpha value is -0.860. The zero-order chi connectivity index (χ0) is 14.3. The summed E-state index contributed by atoms with van der Waals surface area (Å²) in [5, 5.41) is 3.69. The Morgan fingerprint density at radius 3 is 2.42 bits per heavy atom. The van der Waals surface area contributed by atoms with E-state index in [-0.39, 0.29) is 0 Å². The van der Waals surface area contributed by atoms with Crippen molar-refractivity contribution >= 4 is 0 Å². The van der Waals surface area contributed by atoms with Crippen molar-refractivity contribution in [2.24, 2.45) is 5.92 Å². The fraction of sp³-hybridized carbons (Fsp3) is 0.647. The van der Waals surface area contributed by atoms with E-state index in [2.05, 4.69) is 69.2 Å². The first-order chi connectivity index (χ1) is 9.04. The summed E-state index contributed by atoms with van der Waals surface area (Å²) in [4.78, 5) is 2.43. The van der Waals surface area contributed by atoms with Gasteiger partial charge in [0, 0.05) is 19.1 Å². The smallest absolute Gasteiger partial charge is 0.0451 e. The molecule has 1 aromatic carbocycles. The quantitative estimate of drug-likeness (QED) is 0.769. The number of hydrogen-bond donors (Lipinski definition) is 1. The minimum atomic E-state index is 0.435. The lowest BCUT2D eigenvalue weighted by Crippen LogP contribution is -2.35. The van der Waals surface area contributed by atoms with Crippen LogP contribution in [-0.4, -0.2) is 31.6 Å². The molecular weight excluding hydrogens is 232 g/mol. The van der Waals surface area contributed by atoms with Crippen LogP contribution in [0.3, 0.4) is 0 Å². The normalized spacial score (nSPS) is 13.2. The Bertz CT molecular complexity index is 360. The van der Waals surface area contributed by atoms with Crippen LogP contribution in [-0.2, 0) is 0 Å². The largest absolute Gasteiger partial charge is 0.309 e. The maximum Gasteiger partial charge on any atom is 0.0451 e. The first kappa shape index (κ1) is 16.2. The van der Waals surface area contributed by atoms with Gasteiger partial charge in [0.05, 0.1) is 0 Å². The van der Waals surface area contributed by atoms with E-state index in [1.807, 2.05) is 0 Å². The van der Waals surface area contributed by atoms with Crippen molar-refractivity contribution in [3.05, 3.63) is 35.4 Å². The van der Waals surface area contributed by atoms with Gasteiger partial charge in [-0.1, -0.05) is 45.0 Å². The van der Waals surface area contributed by atoms with E-state index in [0.717, 1.165) is 19.6 Å². The zero-order valence-corrected chi connectivity index (χ0v) is 13.2. The maximum atomic E-state index is 3.69. The average molecular weight is 262 g/mol. The molecule has 108 valence electrons. The van der Waals surface area contributed by atoms with Gasteiger partial charge in [0.1, 0.15) is 0 Å². The minimum absolute atomic E-state index is 0.435. The van der Waals surface area contributed by atoms with E-state index in [1.54, 1.807) is 0 Å². The Balaban J connectivity index is 2.74. The average Bonchev–Trinajstić information content (AvgIpc) is 2.34. The maximum absolute atomic E-state index is 3.69. The molecule has 1 unspecified atom stereocenters. The van der Waals surface area contributed by atoms with Crippen LogP contribution in [0.15, 0.2) is 24.3 Å². The van der Waals surface area contributed by atoms with Gasteiger partial charge in [-0.3, -0.25) is 0 Å². The molecule has 1 rings (SSSR count). The molecule has 0 aromatic heterocycles. The van der Waals surface area contributed by atoms with Gasteiger partial charge in [-0.2, -0.15) is 0 Å². The van der Waals surface area contributed by atoms with Gasteiger partial charge < -0.3 is 10.2 Å². The van der Waals surface area contributed by atoms with Crippen LogP contribution in [0.25, 0.3) is 0 Å². The Morgan fingerprint density at radius 2 is 1.84 bits per heavy atom. The van der Waals surface area contributed by atoms with Crippen LogP contribution in [0.1, 0.15) is 44.4 Å². The van der Waals surface area contributed by atoms with E-state index in [4.69, 9.17) is 0 Å². The highest BCUT2D eigenvalue weighted by Gasteiger charge is 2.15. The Kier molecular flexibility index (Phi) is 7.11. The molecule has 0 aliphatic rings. The number of nitrogens with zero attached hydrogens (tertiary/aromatic N) is 1. The van der Waals surface area contributed by atoms with Crippen molar-refractivity contribution in [2.45, 2.75) is 40.2 Å². The second-order valence-corrected chi connectivity index (χ2v) is 5.98. The van der Waals surface area contributed by atoms with Crippen LogP contribution >= 0.6 is 0 Å². The molecule has 0 amide bonds. The fourth-order valence-electron chi connectivity index (χ4n) is 2.58. The number of aryl methyl sites for hydroxylation is 1. The lowest BCUT2D eigenvalue weighted by Gasteiger charge is -2.27.